The first kappa shape index (κ1) is 9.53. The molecule has 2 N–H and O–H groups in total. The fourth-order valence-corrected chi connectivity index (χ4v) is 2.16. The quantitative estimate of drug-likeness (QED) is 0.791. The molecule has 0 fully saturated rings. The molecule has 0 amide bonds. The standard InChI is InChI=1S/C12H17NO/c1-9-5-6-12(14-8-7-13)11-4-2-3-10(9)11/h5-6H,2-4,7-8,13H2,1H3. The number of benzene rings is 1. The van der Waals surface area contributed by atoms with Crippen molar-refractivity contribution < 1.29 is 4.74 Å². The van der Waals surface area contributed by atoms with Crippen LogP contribution >= 0.6 is 0 Å². The molecule has 2 heteroatoms. The van der Waals surface area contributed by atoms with E-state index in [9.17, 15) is 0 Å². The van der Waals surface area contributed by atoms with Gasteiger partial charge in [0, 0.05) is 6.54 Å². The van der Waals surface area contributed by atoms with Crippen molar-refractivity contribution in [1.29, 1.82) is 0 Å². The van der Waals surface area contributed by atoms with Gasteiger partial charge in [0.2, 0.25) is 0 Å². The van der Waals surface area contributed by atoms with E-state index in [1.165, 1.54) is 29.5 Å². The molecule has 1 aromatic rings. The van der Waals surface area contributed by atoms with Gasteiger partial charge in [0.15, 0.2) is 0 Å². The summed E-state index contributed by atoms with van der Waals surface area (Å²) in [5.41, 5.74) is 9.74. The van der Waals surface area contributed by atoms with Gasteiger partial charge in [0.05, 0.1) is 0 Å². The molecular formula is C12H17NO. The van der Waals surface area contributed by atoms with Crippen molar-refractivity contribution in [2.75, 3.05) is 13.2 Å². The summed E-state index contributed by atoms with van der Waals surface area (Å²) in [5.74, 6) is 1.05. The highest BCUT2D eigenvalue weighted by Crippen LogP contribution is 2.32. The molecule has 2 rings (SSSR count). The molecule has 0 aliphatic heterocycles. The highest BCUT2D eigenvalue weighted by Gasteiger charge is 2.17. The number of hydrogen-bond donors (Lipinski definition) is 1. The summed E-state index contributed by atoms with van der Waals surface area (Å²) < 4.78 is 5.63. The Kier molecular flexibility index (Phi) is 2.73. The van der Waals surface area contributed by atoms with Gasteiger partial charge in [-0.05, 0) is 48.9 Å². The van der Waals surface area contributed by atoms with Gasteiger partial charge in [0.1, 0.15) is 12.4 Å². The van der Waals surface area contributed by atoms with E-state index in [1.54, 1.807) is 0 Å². The van der Waals surface area contributed by atoms with E-state index in [-0.39, 0.29) is 0 Å². The average molecular weight is 191 g/mol. The summed E-state index contributed by atoms with van der Waals surface area (Å²) in [7, 11) is 0. The van der Waals surface area contributed by atoms with Crippen LogP contribution in [0.25, 0.3) is 0 Å². The number of fused-ring (bicyclic) bond motifs is 1. The predicted octanol–water partition coefficient (Wildman–Crippen LogP) is 1.82. The van der Waals surface area contributed by atoms with Crippen molar-refractivity contribution >= 4 is 0 Å². The zero-order chi connectivity index (χ0) is 9.97. The van der Waals surface area contributed by atoms with Gasteiger partial charge in [-0.1, -0.05) is 6.07 Å². The van der Waals surface area contributed by atoms with E-state index in [0.29, 0.717) is 13.2 Å². The maximum absolute atomic E-state index is 5.63. The highest BCUT2D eigenvalue weighted by atomic mass is 16.5. The molecule has 0 heterocycles. The van der Waals surface area contributed by atoms with E-state index in [0.717, 1.165) is 12.2 Å². The predicted molar refractivity (Wildman–Crippen MR) is 57.8 cm³/mol. The first-order valence-electron chi connectivity index (χ1n) is 5.27. The lowest BCUT2D eigenvalue weighted by Gasteiger charge is -2.11. The summed E-state index contributed by atoms with van der Waals surface area (Å²) in [4.78, 5) is 0. The van der Waals surface area contributed by atoms with Crippen molar-refractivity contribution in [3.05, 3.63) is 28.8 Å². The largest absolute Gasteiger partial charge is 0.492 e. The van der Waals surface area contributed by atoms with Crippen LogP contribution in [0.1, 0.15) is 23.1 Å². The molecule has 2 nitrogen and oxygen atoms in total. The Morgan fingerprint density at radius 1 is 1.29 bits per heavy atom. The van der Waals surface area contributed by atoms with Gasteiger partial charge in [0.25, 0.3) is 0 Å². The Labute approximate surface area is 85.1 Å². The Morgan fingerprint density at radius 2 is 2.07 bits per heavy atom. The summed E-state index contributed by atoms with van der Waals surface area (Å²) >= 11 is 0. The van der Waals surface area contributed by atoms with Crippen molar-refractivity contribution in [2.24, 2.45) is 5.73 Å². The molecule has 0 saturated heterocycles. The molecule has 76 valence electrons. The molecule has 1 aliphatic carbocycles. The van der Waals surface area contributed by atoms with Crippen LogP contribution in [0.4, 0.5) is 0 Å². The van der Waals surface area contributed by atoms with Gasteiger partial charge in [-0.3, -0.25) is 0 Å². The van der Waals surface area contributed by atoms with E-state index in [1.807, 2.05) is 0 Å². The van der Waals surface area contributed by atoms with Crippen LogP contribution in [0, 0.1) is 6.92 Å². The molecule has 0 radical (unpaired) electrons. The molecule has 0 unspecified atom stereocenters. The van der Waals surface area contributed by atoms with Crippen molar-refractivity contribution in [3.63, 3.8) is 0 Å². The normalized spacial score (nSPS) is 14.1. The lowest BCUT2D eigenvalue weighted by atomic mass is 10.0. The van der Waals surface area contributed by atoms with Crippen LogP contribution in [0.3, 0.4) is 0 Å². The monoisotopic (exact) mass is 191 g/mol. The number of rotatable bonds is 3. The summed E-state index contributed by atoms with van der Waals surface area (Å²) in [5, 5.41) is 0. The van der Waals surface area contributed by atoms with Gasteiger partial charge in [-0.2, -0.15) is 0 Å². The Morgan fingerprint density at radius 3 is 2.86 bits per heavy atom. The average Bonchev–Trinajstić information content (AvgIpc) is 2.66. The summed E-state index contributed by atoms with van der Waals surface area (Å²) in [6.45, 7) is 3.38. The van der Waals surface area contributed by atoms with Crippen LogP contribution < -0.4 is 10.5 Å². The number of ether oxygens (including phenoxy) is 1. The molecule has 0 saturated carbocycles. The van der Waals surface area contributed by atoms with E-state index >= 15 is 0 Å². The second-order valence-electron chi connectivity index (χ2n) is 3.83. The lowest BCUT2D eigenvalue weighted by molar-refractivity contribution is 0.325. The lowest BCUT2D eigenvalue weighted by Crippen LogP contribution is -2.11. The van der Waals surface area contributed by atoms with Crippen molar-refractivity contribution in [1.82, 2.24) is 0 Å². The fraction of sp³-hybridized carbons (Fsp3) is 0.500. The second kappa shape index (κ2) is 4.01. The first-order valence-corrected chi connectivity index (χ1v) is 5.27. The molecule has 14 heavy (non-hydrogen) atoms. The van der Waals surface area contributed by atoms with E-state index < -0.39 is 0 Å². The van der Waals surface area contributed by atoms with Crippen LogP contribution in [0.15, 0.2) is 12.1 Å². The van der Waals surface area contributed by atoms with Gasteiger partial charge in [-0.25, -0.2) is 0 Å². The Balaban J connectivity index is 2.29. The van der Waals surface area contributed by atoms with Gasteiger partial charge in [-0.15, -0.1) is 0 Å². The van der Waals surface area contributed by atoms with Gasteiger partial charge < -0.3 is 10.5 Å². The minimum Gasteiger partial charge on any atom is -0.492 e. The SMILES string of the molecule is Cc1ccc(OCCN)c2c1CCC2. The van der Waals surface area contributed by atoms with Crippen molar-refractivity contribution in [3.8, 4) is 5.75 Å². The smallest absolute Gasteiger partial charge is 0.122 e. The minimum atomic E-state index is 0.586. The van der Waals surface area contributed by atoms with Crippen LogP contribution in [0.2, 0.25) is 0 Å². The Hall–Kier alpha value is -1.02. The second-order valence-corrected chi connectivity index (χ2v) is 3.83. The van der Waals surface area contributed by atoms with Crippen LogP contribution in [-0.2, 0) is 12.8 Å². The van der Waals surface area contributed by atoms with Crippen molar-refractivity contribution in [2.45, 2.75) is 26.2 Å². The third kappa shape index (κ3) is 1.62. The zero-order valence-electron chi connectivity index (χ0n) is 8.68. The van der Waals surface area contributed by atoms with Crippen LogP contribution in [-0.4, -0.2) is 13.2 Å². The van der Waals surface area contributed by atoms with E-state index in [2.05, 4.69) is 19.1 Å². The zero-order valence-corrected chi connectivity index (χ0v) is 8.68. The minimum absolute atomic E-state index is 0.586. The number of aryl methyl sites for hydroxylation is 1. The molecule has 1 aliphatic rings. The number of nitrogens with two attached hydrogens (primary N) is 1. The molecular weight excluding hydrogens is 174 g/mol. The Bertz CT molecular complexity index is 333. The summed E-state index contributed by atoms with van der Waals surface area (Å²) in [6.07, 6.45) is 3.64. The molecule has 0 atom stereocenters. The topological polar surface area (TPSA) is 35.2 Å². The molecule has 0 spiro atoms. The third-order valence-corrected chi connectivity index (χ3v) is 2.85. The van der Waals surface area contributed by atoms with E-state index in [4.69, 9.17) is 10.5 Å². The fourth-order valence-electron chi connectivity index (χ4n) is 2.16. The third-order valence-electron chi connectivity index (χ3n) is 2.85. The summed E-state index contributed by atoms with van der Waals surface area (Å²) in [6, 6.07) is 4.23. The maximum atomic E-state index is 5.63. The first-order chi connectivity index (χ1) is 6.83. The molecule has 0 bridgehead atoms. The molecule has 1 aromatic carbocycles. The number of hydrogen-bond acceptors (Lipinski definition) is 2. The van der Waals surface area contributed by atoms with Gasteiger partial charge >= 0.3 is 0 Å². The molecule has 0 aromatic heterocycles. The van der Waals surface area contributed by atoms with Crippen LogP contribution in [0.5, 0.6) is 5.75 Å². The maximum Gasteiger partial charge on any atom is 0.122 e. The highest BCUT2D eigenvalue weighted by molar-refractivity contribution is 5.47.